The Morgan fingerprint density at radius 1 is 1.13 bits per heavy atom. The van der Waals surface area contributed by atoms with E-state index in [1.807, 2.05) is 18.2 Å². The Balaban J connectivity index is 1.46. The number of aryl methyl sites for hydroxylation is 1. The van der Waals surface area contributed by atoms with E-state index < -0.39 is 0 Å². The van der Waals surface area contributed by atoms with Crippen molar-refractivity contribution in [2.75, 3.05) is 12.4 Å². The molecule has 2 heterocycles. The van der Waals surface area contributed by atoms with Gasteiger partial charge in [-0.25, -0.2) is 4.39 Å². The third-order valence-electron chi connectivity index (χ3n) is 6.13. The Bertz CT molecular complexity index is 1140. The van der Waals surface area contributed by atoms with Crippen molar-refractivity contribution in [1.29, 1.82) is 0 Å². The molecule has 0 spiro atoms. The standard InChI is InChI=1S/C25H24FNO3S/c1-29-21-12-15(10-11-20(21)30-14-16-6-2-4-8-19(16)26)18-13-23(28)27-25-24(18)17-7-3-5-9-22(17)31-25/h2,4,6,8,10-12,18H,3,5,7,9,13-14H2,1H3,(H,27,28). The quantitative estimate of drug-likeness (QED) is 0.546. The third kappa shape index (κ3) is 3.81. The zero-order valence-electron chi connectivity index (χ0n) is 17.4. The molecule has 2 aromatic carbocycles. The summed E-state index contributed by atoms with van der Waals surface area (Å²) in [5.41, 5.74) is 4.24. The molecule has 1 amide bonds. The van der Waals surface area contributed by atoms with Gasteiger partial charge in [0.1, 0.15) is 12.4 Å². The molecule has 0 radical (unpaired) electrons. The number of carbonyl (C=O) groups is 1. The third-order valence-corrected chi connectivity index (χ3v) is 7.36. The zero-order chi connectivity index (χ0) is 21.4. The maximum absolute atomic E-state index is 13.9. The fourth-order valence-electron chi connectivity index (χ4n) is 4.59. The molecule has 1 aromatic heterocycles. The van der Waals surface area contributed by atoms with Gasteiger partial charge in [-0.2, -0.15) is 0 Å². The molecule has 4 nitrogen and oxygen atoms in total. The highest BCUT2D eigenvalue weighted by Crippen LogP contribution is 2.48. The fraction of sp³-hybridized carbons (Fsp3) is 0.320. The molecule has 1 aliphatic heterocycles. The maximum atomic E-state index is 13.9. The number of rotatable bonds is 5. The summed E-state index contributed by atoms with van der Waals surface area (Å²) in [5.74, 6) is 0.917. The summed E-state index contributed by atoms with van der Waals surface area (Å²) >= 11 is 1.74. The molecule has 0 saturated carbocycles. The molecular formula is C25H24FNO3S. The van der Waals surface area contributed by atoms with Crippen molar-refractivity contribution in [3.05, 3.63) is 75.4 Å². The van der Waals surface area contributed by atoms with E-state index in [9.17, 15) is 9.18 Å². The number of hydrogen-bond acceptors (Lipinski definition) is 4. The fourth-order valence-corrected chi connectivity index (χ4v) is 5.96. The molecule has 6 heteroatoms. The van der Waals surface area contributed by atoms with Gasteiger partial charge in [-0.15, -0.1) is 11.3 Å². The van der Waals surface area contributed by atoms with Crippen LogP contribution in [0.15, 0.2) is 42.5 Å². The average molecular weight is 438 g/mol. The first-order valence-electron chi connectivity index (χ1n) is 10.6. The summed E-state index contributed by atoms with van der Waals surface area (Å²) in [4.78, 5) is 13.9. The van der Waals surface area contributed by atoms with E-state index in [4.69, 9.17) is 9.47 Å². The van der Waals surface area contributed by atoms with Crippen LogP contribution in [0.4, 0.5) is 9.39 Å². The number of fused-ring (bicyclic) bond motifs is 3. The van der Waals surface area contributed by atoms with Crippen LogP contribution in [-0.4, -0.2) is 13.0 Å². The van der Waals surface area contributed by atoms with Crippen LogP contribution in [0.5, 0.6) is 11.5 Å². The molecule has 5 rings (SSSR count). The Hall–Kier alpha value is -2.86. The molecule has 3 aromatic rings. The van der Waals surface area contributed by atoms with Crippen LogP contribution in [0.3, 0.4) is 0 Å². The number of hydrogen-bond donors (Lipinski definition) is 1. The van der Waals surface area contributed by atoms with E-state index in [0.717, 1.165) is 23.4 Å². The van der Waals surface area contributed by atoms with Crippen LogP contribution in [0.1, 0.15) is 52.3 Å². The Labute approximate surface area is 185 Å². The molecule has 160 valence electrons. The lowest BCUT2D eigenvalue weighted by Crippen LogP contribution is -2.23. The molecule has 1 atom stereocenters. The van der Waals surface area contributed by atoms with Crippen LogP contribution in [0.2, 0.25) is 0 Å². The smallest absolute Gasteiger partial charge is 0.225 e. The monoisotopic (exact) mass is 437 g/mol. The molecule has 1 aliphatic carbocycles. The van der Waals surface area contributed by atoms with Crippen LogP contribution in [0.25, 0.3) is 0 Å². The van der Waals surface area contributed by atoms with Gasteiger partial charge in [0.05, 0.1) is 12.1 Å². The highest BCUT2D eigenvalue weighted by molar-refractivity contribution is 7.16. The predicted octanol–water partition coefficient (Wildman–Crippen LogP) is 5.83. The minimum Gasteiger partial charge on any atom is -0.493 e. The molecule has 0 saturated heterocycles. The van der Waals surface area contributed by atoms with E-state index in [1.165, 1.54) is 34.9 Å². The second kappa shape index (κ2) is 8.35. The van der Waals surface area contributed by atoms with Gasteiger partial charge in [0.25, 0.3) is 0 Å². The van der Waals surface area contributed by atoms with Gasteiger partial charge in [-0.3, -0.25) is 4.79 Å². The van der Waals surface area contributed by atoms with E-state index >= 15 is 0 Å². The molecule has 0 fully saturated rings. The summed E-state index contributed by atoms with van der Waals surface area (Å²) in [6.07, 6.45) is 5.01. The van der Waals surface area contributed by atoms with Gasteiger partial charge in [0, 0.05) is 22.8 Å². The first kappa shape index (κ1) is 20.1. The first-order chi connectivity index (χ1) is 15.1. The largest absolute Gasteiger partial charge is 0.493 e. The highest BCUT2D eigenvalue weighted by atomic mass is 32.1. The summed E-state index contributed by atoms with van der Waals surface area (Å²) in [5, 5.41) is 4.10. The summed E-state index contributed by atoms with van der Waals surface area (Å²) in [6, 6.07) is 12.4. The van der Waals surface area contributed by atoms with Crippen LogP contribution < -0.4 is 14.8 Å². The maximum Gasteiger partial charge on any atom is 0.225 e. The van der Waals surface area contributed by atoms with Gasteiger partial charge < -0.3 is 14.8 Å². The number of carbonyl (C=O) groups excluding carboxylic acids is 1. The second-order valence-electron chi connectivity index (χ2n) is 8.05. The lowest BCUT2D eigenvalue weighted by molar-refractivity contribution is -0.116. The van der Waals surface area contributed by atoms with Crippen molar-refractivity contribution in [1.82, 2.24) is 0 Å². The molecule has 0 bridgehead atoms. The Morgan fingerprint density at radius 2 is 1.97 bits per heavy atom. The van der Waals surface area contributed by atoms with Crippen molar-refractivity contribution in [2.24, 2.45) is 0 Å². The van der Waals surface area contributed by atoms with Gasteiger partial charge >= 0.3 is 0 Å². The topological polar surface area (TPSA) is 47.6 Å². The van der Waals surface area contributed by atoms with E-state index in [2.05, 4.69) is 5.32 Å². The van der Waals surface area contributed by atoms with Gasteiger partial charge in [-0.05, 0) is 60.6 Å². The minimum absolute atomic E-state index is 0.0105. The van der Waals surface area contributed by atoms with Crippen molar-refractivity contribution < 1.29 is 18.7 Å². The Kier molecular flexibility index (Phi) is 5.40. The van der Waals surface area contributed by atoms with E-state index in [1.54, 1.807) is 36.6 Å². The van der Waals surface area contributed by atoms with Crippen LogP contribution in [-0.2, 0) is 24.2 Å². The first-order valence-corrected chi connectivity index (χ1v) is 11.4. The number of ether oxygens (including phenoxy) is 2. The van der Waals surface area contributed by atoms with Crippen molar-refractivity contribution >= 4 is 22.2 Å². The van der Waals surface area contributed by atoms with Crippen LogP contribution in [0, 0.1) is 5.82 Å². The van der Waals surface area contributed by atoms with Crippen molar-refractivity contribution in [3.63, 3.8) is 0 Å². The summed E-state index contributed by atoms with van der Waals surface area (Å²) in [7, 11) is 1.60. The van der Waals surface area contributed by atoms with Gasteiger partial charge in [0.15, 0.2) is 11.5 Å². The normalized spacial score (nSPS) is 17.5. The number of methoxy groups -OCH3 is 1. The molecule has 1 unspecified atom stereocenters. The molecule has 31 heavy (non-hydrogen) atoms. The second-order valence-corrected chi connectivity index (χ2v) is 9.15. The zero-order valence-corrected chi connectivity index (χ0v) is 18.2. The van der Waals surface area contributed by atoms with E-state index in [0.29, 0.717) is 23.5 Å². The lowest BCUT2D eigenvalue weighted by Gasteiger charge is -2.26. The SMILES string of the molecule is COc1cc(C2CC(=O)Nc3sc4c(c32)CCCC4)ccc1OCc1ccccc1F. The number of thiophene rings is 1. The predicted molar refractivity (Wildman–Crippen MR) is 120 cm³/mol. The molecule has 1 N–H and O–H groups in total. The highest BCUT2D eigenvalue weighted by Gasteiger charge is 2.33. The summed E-state index contributed by atoms with van der Waals surface area (Å²) in [6.45, 7) is 0.121. The van der Waals surface area contributed by atoms with Gasteiger partial charge in [-0.1, -0.05) is 24.3 Å². The number of amides is 1. The number of anilines is 1. The number of halogens is 1. The number of benzene rings is 2. The van der Waals surface area contributed by atoms with Gasteiger partial charge in [0.2, 0.25) is 5.91 Å². The molecular weight excluding hydrogens is 413 g/mol. The van der Waals surface area contributed by atoms with Crippen LogP contribution >= 0.6 is 11.3 Å². The van der Waals surface area contributed by atoms with Crippen molar-refractivity contribution in [3.8, 4) is 11.5 Å². The van der Waals surface area contributed by atoms with E-state index in [-0.39, 0.29) is 24.2 Å². The van der Waals surface area contributed by atoms with Crippen molar-refractivity contribution in [2.45, 2.75) is 44.6 Å². The number of nitrogens with one attached hydrogen (secondary N) is 1. The molecule has 2 aliphatic rings. The average Bonchev–Trinajstić information content (AvgIpc) is 3.16. The minimum atomic E-state index is -0.291. The summed E-state index contributed by atoms with van der Waals surface area (Å²) < 4.78 is 25.4. The lowest BCUT2D eigenvalue weighted by atomic mass is 9.82. The Morgan fingerprint density at radius 3 is 2.81 bits per heavy atom.